The third kappa shape index (κ3) is 2.94. The highest BCUT2D eigenvalue weighted by Crippen LogP contribution is 2.28. The monoisotopic (exact) mass is 358 g/mol. The maximum absolute atomic E-state index is 13.4. The summed E-state index contributed by atoms with van der Waals surface area (Å²) in [5.74, 6) is -2.03. The van der Waals surface area contributed by atoms with Crippen LogP contribution in [0.2, 0.25) is 0 Å². The van der Waals surface area contributed by atoms with Crippen LogP contribution < -0.4 is 14.7 Å². The third-order valence-corrected chi connectivity index (χ3v) is 4.98. The first-order chi connectivity index (χ1) is 12.5. The van der Waals surface area contributed by atoms with E-state index in [2.05, 4.69) is 4.90 Å². The van der Waals surface area contributed by atoms with Crippen molar-refractivity contribution in [1.82, 2.24) is 0 Å². The molecular weight excluding hydrogens is 340 g/mol. The van der Waals surface area contributed by atoms with Gasteiger partial charge >= 0.3 is 5.91 Å². The smallest absolute Gasteiger partial charge is 0.303 e. The van der Waals surface area contributed by atoms with Gasteiger partial charge in [0.05, 0.1) is 37.4 Å². The van der Waals surface area contributed by atoms with Gasteiger partial charge in [-0.15, -0.1) is 0 Å². The molecule has 0 saturated carbocycles. The second-order valence-electron chi connectivity index (χ2n) is 6.60. The van der Waals surface area contributed by atoms with Gasteiger partial charge < -0.3 is 9.80 Å². The quantitative estimate of drug-likeness (QED) is 0.828. The molecule has 0 atom stereocenters. The van der Waals surface area contributed by atoms with Crippen molar-refractivity contribution in [3.63, 3.8) is 0 Å². The SMILES string of the molecule is O=C1C(=O)N(C[NH+]2CCN(c3ccc(F)cc3)CC2)c2ccc(F)cc21. The van der Waals surface area contributed by atoms with Crippen LogP contribution in [0.3, 0.4) is 0 Å². The lowest BCUT2D eigenvalue weighted by atomic mass is 10.1. The van der Waals surface area contributed by atoms with Crippen LogP contribution >= 0.6 is 0 Å². The zero-order valence-corrected chi connectivity index (χ0v) is 14.0. The fraction of sp³-hybridized carbons (Fsp3) is 0.263. The fourth-order valence-corrected chi connectivity index (χ4v) is 3.54. The van der Waals surface area contributed by atoms with Crippen LogP contribution in [-0.2, 0) is 4.79 Å². The average Bonchev–Trinajstić information content (AvgIpc) is 2.88. The second-order valence-corrected chi connectivity index (χ2v) is 6.60. The molecule has 2 aliphatic rings. The number of nitrogens with zero attached hydrogens (tertiary/aromatic N) is 2. The standard InChI is InChI=1S/C19H17F2N3O2/c20-13-1-4-15(5-2-13)23-9-7-22(8-10-23)12-24-17-6-3-14(21)11-16(17)18(25)19(24)26/h1-6,11H,7-10,12H2/p+1. The van der Waals surface area contributed by atoms with Crippen molar-refractivity contribution in [2.75, 3.05) is 42.6 Å². The lowest BCUT2D eigenvalue weighted by Gasteiger charge is -2.35. The van der Waals surface area contributed by atoms with Gasteiger partial charge in [0.1, 0.15) is 11.6 Å². The number of quaternary nitrogens is 1. The fourth-order valence-electron chi connectivity index (χ4n) is 3.54. The number of carbonyl (C=O) groups is 2. The lowest BCUT2D eigenvalue weighted by molar-refractivity contribution is -0.899. The summed E-state index contributed by atoms with van der Waals surface area (Å²) < 4.78 is 26.4. The van der Waals surface area contributed by atoms with E-state index in [0.29, 0.717) is 12.4 Å². The molecule has 1 amide bonds. The number of ketones is 1. The highest BCUT2D eigenvalue weighted by Gasteiger charge is 2.38. The maximum atomic E-state index is 13.4. The molecule has 1 fully saturated rings. The summed E-state index contributed by atoms with van der Waals surface area (Å²) in [6.45, 7) is 3.48. The van der Waals surface area contributed by atoms with Crippen LogP contribution in [0, 0.1) is 11.6 Å². The van der Waals surface area contributed by atoms with E-state index in [9.17, 15) is 18.4 Å². The second kappa shape index (κ2) is 6.49. The van der Waals surface area contributed by atoms with Crippen LogP contribution in [0.15, 0.2) is 42.5 Å². The summed E-state index contributed by atoms with van der Waals surface area (Å²) in [6.07, 6.45) is 0. The molecule has 0 aliphatic carbocycles. The van der Waals surface area contributed by atoms with Crippen molar-refractivity contribution in [1.29, 1.82) is 0 Å². The first-order valence-corrected chi connectivity index (χ1v) is 8.53. The number of nitrogens with one attached hydrogen (secondary N) is 1. The highest BCUT2D eigenvalue weighted by molar-refractivity contribution is 6.52. The third-order valence-electron chi connectivity index (χ3n) is 4.98. The Morgan fingerprint density at radius 1 is 0.923 bits per heavy atom. The van der Waals surface area contributed by atoms with Gasteiger partial charge in [0.15, 0.2) is 6.67 Å². The van der Waals surface area contributed by atoms with E-state index in [4.69, 9.17) is 0 Å². The molecule has 2 aromatic rings. The van der Waals surface area contributed by atoms with Gasteiger partial charge in [-0.05, 0) is 42.5 Å². The molecule has 26 heavy (non-hydrogen) atoms. The molecule has 0 radical (unpaired) electrons. The number of amides is 1. The number of rotatable bonds is 3. The zero-order chi connectivity index (χ0) is 18.3. The number of Topliss-reactive ketones (excluding diaryl/α,β-unsaturated/α-hetero) is 1. The van der Waals surface area contributed by atoms with E-state index in [1.165, 1.54) is 34.1 Å². The summed E-state index contributed by atoms with van der Waals surface area (Å²) in [6, 6.07) is 10.3. The van der Waals surface area contributed by atoms with E-state index >= 15 is 0 Å². The molecule has 0 unspecified atom stereocenters. The highest BCUT2D eigenvalue weighted by atomic mass is 19.1. The lowest BCUT2D eigenvalue weighted by Crippen LogP contribution is -3.16. The average molecular weight is 358 g/mol. The van der Waals surface area contributed by atoms with Crippen LogP contribution in [0.25, 0.3) is 0 Å². The van der Waals surface area contributed by atoms with Gasteiger partial charge in [-0.25, -0.2) is 8.78 Å². The molecule has 2 heterocycles. The Kier molecular flexibility index (Phi) is 4.16. The molecule has 2 aromatic carbocycles. The van der Waals surface area contributed by atoms with Gasteiger partial charge in [-0.1, -0.05) is 0 Å². The Balaban J connectivity index is 1.43. The van der Waals surface area contributed by atoms with Gasteiger partial charge in [-0.2, -0.15) is 0 Å². The van der Waals surface area contributed by atoms with E-state index in [1.54, 1.807) is 12.1 Å². The summed E-state index contributed by atoms with van der Waals surface area (Å²) in [7, 11) is 0. The summed E-state index contributed by atoms with van der Waals surface area (Å²) in [4.78, 5) is 29.1. The van der Waals surface area contributed by atoms with Crippen LogP contribution in [0.5, 0.6) is 0 Å². The van der Waals surface area contributed by atoms with Gasteiger partial charge in [0, 0.05) is 5.69 Å². The number of anilines is 2. The largest absolute Gasteiger partial charge is 0.360 e. The zero-order valence-electron chi connectivity index (χ0n) is 14.0. The Hall–Kier alpha value is -2.80. The van der Waals surface area contributed by atoms with Crippen molar-refractivity contribution in [2.24, 2.45) is 0 Å². The summed E-state index contributed by atoms with van der Waals surface area (Å²) in [5.41, 5.74) is 1.59. The Morgan fingerprint density at radius 3 is 2.27 bits per heavy atom. The van der Waals surface area contributed by atoms with Crippen molar-refractivity contribution >= 4 is 23.1 Å². The molecule has 0 bridgehead atoms. The van der Waals surface area contributed by atoms with E-state index < -0.39 is 17.5 Å². The van der Waals surface area contributed by atoms with Crippen LogP contribution in [-0.4, -0.2) is 44.5 Å². The maximum Gasteiger partial charge on any atom is 0.303 e. The number of piperazine rings is 1. The van der Waals surface area contributed by atoms with Crippen molar-refractivity contribution in [3.05, 3.63) is 59.7 Å². The molecule has 134 valence electrons. The Labute approximate surface area is 149 Å². The molecular formula is C19H18F2N3O2+. The predicted octanol–water partition coefficient (Wildman–Crippen LogP) is 0.857. The summed E-state index contributed by atoms with van der Waals surface area (Å²) >= 11 is 0. The predicted molar refractivity (Wildman–Crippen MR) is 92.4 cm³/mol. The first kappa shape index (κ1) is 16.7. The van der Waals surface area contributed by atoms with E-state index in [-0.39, 0.29) is 11.4 Å². The molecule has 0 aromatic heterocycles. The van der Waals surface area contributed by atoms with Crippen LogP contribution in [0.4, 0.5) is 20.2 Å². The number of hydrogen-bond donors (Lipinski definition) is 1. The minimum absolute atomic E-state index is 0.138. The molecule has 0 spiro atoms. The van der Waals surface area contributed by atoms with Crippen LogP contribution in [0.1, 0.15) is 10.4 Å². The van der Waals surface area contributed by atoms with Gasteiger partial charge in [0.2, 0.25) is 0 Å². The number of carbonyl (C=O) groups excluding carboxylic acids is 2. The topological polar surface area (TPSA) is 45.1 Å². The first-order valence-electron chi connectivity index (χ1n) is 8.53. The number of halogens is 2. The normalized spacial score (nSPS) is 17.8. The molecule has 4 rings (SSSR count). The Morgan fingerprint density at radius 2 is 1.58 bits per heavy atom. The molecule has 7 heteroatoms. The van der Waals surface area contributed by atoms with Crippen molar-refractivity contribution in [2.45, 2.75) is 0 Å². The molecule has 1 N–H and O–H groups in total. The van der Waals surface area contributed by atoms with Gasteiger partial charge in [0.25, 0.3) is 5.78 Å². The molecule has 1 saturated heterocycles. The number of fused-ring (bicyclic) bond motifs is 1. The summed E-state index contributed by atoms with van der Waals surface area (Å²) in [5, 5.41) is 0. The minimum Gasteiger partial charge on any atom is -0.360 e. The Bertz CT molecular complexity index is 862. The molecule has 5 nitrogen and oxygen atoms in total. The van der Waals surface area contributed by atoms with Crippen molar-refractivity contribution < 1.29 is 23.3 Å². The van der Waals surface area contributed by atoms with E-state index in [0.717, 1.165) is 37.9 Å². The van der Waals surface area contributed by atoms with E-state index in [1.807, 2.05) is 0 Å². The van der Waals surface area contributed by atoms with Gasteiger partial charge in [-0.3, -0.25) is 14.5 Å². The number of hydrogen-bond acceptors (Lipinski definition) is 3. The molecule has 2 aliphatic heterocycles. The minimum atomic E-state index is -0.649. The van der Waals surface area contributed by atoms with Crippen molar-refractivity contribution in [3.8, 4) is 0 Å². The number of benzene rings is 2.